The van der Waals surface area contributed by atoms with Crippen LogP contribution in [0.25, 0.3) is 0 Å². The van der Waals surface area contributed by atoms with Gasteiger partial charge in [-0.3, -0.25) is 4.79 Å². The number of hydrogen-bond donors (Lipinski definition) is 1. The predicted octanol–water partition coefficient (Wildman–Crippen LogP) is 3.40. The van der Waals surface area contributed by atoms with Crippen LogP contribution in [0.1, 0.15) is 17.5 Å². The normalized spacial score (nSPS) is 9.95. The average Bonchev–Trinajstić information content (AvgIpc) is 2.58. The third-order valence-electron chi connectivity index (χ3n) is 3.16. The Morgan fingerprint density at radius 1 is 1.09 bits per heavy atom. The Labute approximate surface area is 135 Å². The zero-order valence-electron chi connectivity index (χ0n) is 12.3. The van der Waals surface area contributed by atoms with Gasteiger partial charge in [0.25, 0.3) is 0 Å². The highest BCUT2D eigenvalue weighted by atomic mass is 32.2. The molecular formula is C18H18N2OS. The fourth-order valence-corrected chi connectivity index (χ4v) is 2.72. The van der Waals surface area contributed by atoms with Crippen molar-refractivity contribution in [3.63, 3.8) is 0 Å². The molecule has 0 aliphatic carbocycles. The van der Waals surface area contributed by atoms with E-state index in [0.29, 0.717) is 17.9 Å². The Kier molecular flexibility index (Phi) is 6.53. The van der Waals surface area contributed by atoms with Gasteiger partial charge in [-0.25, -0.2) is 0 Å². The number of benzene rings is 2. The molecule has 22 heavy (non-hydrogen) atoms. The Morgan fingerprint density at radius 3 is 2.50 bits per heavy atom. The summed E-state index contributed by atoms with van der Waals surface area (Å²) in [4.78, 5) is 12.8. The van der Waals surface area contributed by atoms with Crippen molar-refractivity contribution in [2.24, 2.45) is 0 Å². The summed E-state index contributed by atoms with van der Waals surface area (Å²) >= 11 is 1.48. The molecule has 2 aromatic rings. The molecule has 1 amide bonds. The minimum atomic E-state index is 0.0439. The first kappa shape index (κ1) is 16.1. The molecule has 2 aromatic carbocycles. The SMILES string of the molecule is N#Cc1ccc(SCC(=O)NCCCc2ccccc2)cc1. The number of nitrogens with zero attached hydrogens (tertiary/aromatic N) is 1. The Hall–Kier alpha value is -2.25. The highest BCUT2D eigenvalue weighted by Gasteiger charge is 2.02. The zero-order chi connectivity index (χ0) is 15.6. The van der Waals surface area contributed by atoms with Crippen LogP contribution in [0.5, 0.6) is 0 Å². The van der Waals surface area contributed by atoms with Gasteiger partial charge in [0, 0.05) is 11.4 Å². The van der Waals surface area contributed by atoms with Crippen LogP contribution >= 0.6 is 11.8 Å². The van der Waals surface area contributed by atoms with E-state index in [1.165, 1.54) is 17.3 Å². The van der Waals surface area contributed by atoms with Crippen molar-refractivity contribution in [1.82, 2.24) is 5.32 Å². The minimum absolute atomic E-state index is 0.0439. The van der Waals surface area contributed by atoms with E-state index in [-0.39, 0.29) is 5.91 Å². The van der Waals surface area contributed by atoms with Crippen LogP contribution in [0.15, 0.2) is 59.5 Å². The number of hydrogen-bond acceptors (Lipinski definition) is 3. The van der Waals surface area contributed by atoms with Crippen molar-refractivity contribution in [2.75, 3.05) is 12.3 Å². The lowest BCUT2D eigenvalue weighted by atomic mass is 10.1. The van der Waals surface area contributed by atoms with Gasteiger partial charge in [-0.2, -0.15) is 5.26 Å². The maximum Gasteiger partial charge on any atom is 0.230 e. The molecule has 0 aliphatic heterocycles. The highest BCUT2D eigenvalue weighted by molar-refractivity contribution is 8.00. The van der Waals surface area contributed by atoms with Crippen molar-refractivity contribution in [2.45, 2.75) is 17.7 Å². The van der Waals surface area contributed by atoms with Crippen molar-refractivity contribution in [3.05, 3.63) is 65.7 Å². The Balaban J connectivity index is 1.62. The van der Waals surface area contributed by atoms with Gasteiger partial charge in [0.15, 0.2) is 0 Å². The molecule has 1 N–H and O–H groups in total. The number of nitrogens with one attached hydrogen (secondary N) is 1. The lowest BCUT2D eigenvalue weighted by Gasteiger charge is -2.05. The van der Waals surface area contributed by atoms with Gasteiger partial charge in [-0.05, 0) is 42.7 Å². The second kappa shape index (κ2) is 8.91. The number of aryl methyl sites for hydroxylation is 1. The Morgan fingerprint density at radius 2 is 1.82 bits per heavy atom. The summed E-state index contributed by atoms with van der Waals surface area (Å²) in [6, 6.07) is 19.6. The van der Waals surface area contributed by atoms with E-state index in [0.717, 1.165) is 17.7 Å². The molecule has 0 atom stereocenters. The summed E-state index contributed by atoms with van der Waals surface area (Å²) in [6.07, 6.45) is 1.92. The quantitative estimate of drug-likeness (QED) is 0.630. The summed E-state index contributed by atoms with van der Waals surface area (Å²) in [5, 5.41) is 11.7. The van der Waals surface area contributed by atoms with E-state index in [1.54, 1.807) is 12.1 Å². The van der Waals surface area contributed by atoms with Crippen LogP contribution in [-0.2, 0) is 11.2 Å². The largest absolute Gasteiger partial charge is 0.355 e. The van der Waals surface area contributed by atoms with Gasteiger partial charge < -0.3 is 5.32 Å². The fourth-order valence-electron chi connectivity index (χ4n) is 1.99. The summed E-state index contributed by atoms with van der Waals surface area (Å²) in [5.74, 6) is 0.444. The molecule has 3 nitrogen and oxygen atoms in total. The smallest absolute Gasteiger partial charge is 0.230 e. The van der Waals surface area contributed by atoms with Gasteiger partial charge in [0.05, 0.1) is 17.4 Å². The molecule has 0 radical (unpaired) electrons. The van der Waals surface area contributed by atoms with Crippen molar-refractivity contribution >= 4 is 17.7 Å². The van der Waals surface area contributed by atoms with Crippen LogP contribution in [-0.4, -0.2) is 18.2 Å². The fraction of sp³-hybridized carbons (Fsp3) is 0.222. The summed E-state index contributed by atoms with van der Waals surface area (Å²) in [5.41, 5.74) is 1.93. The third-order valence-corrected chi connectivity index (χ3v) is 4.17. The monoisotopic (exact) mass is 310 g/mol. The van der Waals surface area contributed by atoms with Crippen LogP contribution in [0, 0.1) is 11.3 Å². The predicted molar refractivity (Wildman–Crippen MR) is 89.7 cm³/mol. The van der Waals surface area contributed by atoms with E-state index in [2.05, 4.69) is 23.5 Å². The second-order valence-electron chi connectivity index (χ2n) is 4.86. The topological polar surface area (TPSA) is 52.9 Å². The lowest BCUT2D eigenvalue weighted by Crippen LogP contribution is -2.26. The molecule has 0 spiro atoms. The molecule has 0 saturated heterocycles. The van der Waals surface area contributed by atoms with E-state index in [9.17, 15) is 4.79 Å². The summed E-state index contributed by atoms with van der Waals surface area (Å²) < 4.78 is 0. The van der Waals surface area contributed by atoms with Gasteiger partial charge in [0.1, 0.15) is 0 Å². The van der Waals surface area contributed by atoms with Crippen molar-refractivity contribution in [1.29, 1.82) is 5.26 Å². The van der Waals surface area contributed by atoms with Gasteiger partial charge >= 0.3 is 0 Å². The van der Waals surface area contributed by atoms with E-state index >= 15 is 0 Å². The number of thioether (sulfide) groups is 1. The Bertz CT molecular complexity index is 632. The number of nitriles is 1. The molecule has 0 aliphatic rings. The molecule has 2 rings (SSSR count). The zero-order valence-corrected chi connectivity index (χ0v) is 13.1. The maximum atomic E-state index is 11.8. The van der Waals surface area contributed by atoms with E-state index < -0.39 is 0 Å². The first-order chi connectivity index (χ1) is 10.8. The average molecular weight is 310 g/mol. The molecule has 0 heterocycles. The second-order valence-corrected chi connectivity index (χ2v) is 5.91. The minimum Gasteiger partial charge on any atom is -0.355 e. The molecular weight excluding hydrogens is 292 g/mol. The summed E-state index contributed by atoms with van der Waals surface area (Å²) in [7, 11) is 0. The van der Waals surface area contributed by atoms with Gasteiger partial charge in [-0.15, -0.1) is 11.8 Å². The molecule has 0 aromatic heterocycles. The number of amides is 1. The maximum absolute atomic E-state index is 11.8. The molecule has 0 saturated carbocycles. The van der Waals surface area contributed by atoms with Crippen LogP contribution in [0.4, 0.5) is 0 Å². The van der Waals surface area contributed by atoms with E-state index in [4.69, 9.17) is 5.26 Å². The van der Waals surface area contributed by atoms with E-state index in [1.807, 2.05) is 30.3 Å². The first-order valence-corrected chi connectivity index (χ1v) is 8.20. The van der Waals surface area contributed by atoms with Crippen molar-refractivity contribution < 1.29 is 4.79 Å². The number of rotatable bonds is 7. The molecule has 0 bridgehead atoms. The molecule has 112 valence electrons. The van der Waals surface area contributed by atoms with Gasteiger partial charge in [0.2, 0.25) is 5.91 Å². The van der Waals surface area contributed by atoms with Crippen molar-refractivity contribution in [3.8, 4) is 6.07 Å². The van der Waals surface area contributed by atoms with Crippen LogP contribution < -0.4 is 5.32 Å². The standard InChI is InChI=1S/C18H18N2OS/c19-13-16-8-10-17(11-9-16)22-14-18(21)20-12-4-7-15-5-2-1-3-6-15/h1-3,5-6,8-11H,4,7,12,14H2,(H,20,21). The molecule has 4 heteroatoms. The molecule has 0 fully saturated rings. The van der Waals surface area contributed by atoms with Crippen LogP contribution in [0.2, 0.25) is 0 Å². The summed E-state index contributed by atoms with van der Waals surface area (Å²) in [6.45, 7) is 0.696. The van der Waals surface area contributed by atoms with Crippen LogP contribution in [0.3, 0.4) is 0 Å². The molecule has 0 unspecified atom stereocenters. The first-order valence-electron chi connectivity index (χ1n) is 7.21. The van der Waals surface area contributed by atoms with Gasteiger partial charge in [-0.1, -0.05) is 30.3 Å². The lowest BCUT2D eigenvalue weighted by molar-refractivity contribution is -0.118. The number of carbonyl (C=O) groups is 1. The third kappa shape index (κ3) is 5.63. The number of carbonyl (C=O) groups excluding carboxylic acids is 1. The highest BCUT2D eigenvalue weighted by Crippen LogP contribution is 2.17.